The standard InChI is InChI=1S/C32H40N2O2.ClH/c1-2-23-14-9-15-27-30(23)36-19-17-32(27)22-33-21-28(32)31(35)34-18-16-26(24-10-5-3-6-11-24)20-29(34)25-12-7-4-8-13-25;/h2-3,5-6,9-11,14-15,25-26,28-29,33H,1,4,7-8,12-13,16-22H2;1H/t26-,28?,29+,32+;/m1./s1. The molecule has 1 saturated carbocycles. The van der Waals surface area contributed by atoms with E-state index in [1.54, 1.807) is 0 Å². The average Bonchev–Trinajstić information content (AvgIpc) is 3.37. The molecule has 3 heterocycles. The summed E-state index contributed by atoms with van der Waals surface area (Å²) in [6, 6.07) is 17.8. The molecule has 2 N–H and O–H groups in total. The number of halogens is 1. The largest absolute Gasteiger partial charge is 1.00 e. The Morgan fingerprint density at radius 3 is 2.65 bits per heavy atom. The summed E-state index contributed by atoms with van der Waals surface area (Å²) in [6.07, 6.45) is 11.5. The molecule has 2 saturated heterocycles. The Bertz CT molecular complexity index is 1100. The van der Waals surface area contributed by atoms with Gasteiger partial charge in [-0.05, 0) is 49.5 Å². The second-order valence-corrected chi connectivity index (χ2v) is 11.6. The van der Waals surface area contributed by atoms with E-state index >= 15 is 0 Å². The molecule has 0 radical (unpaired) electrons. The smallest absolute Gasteiger partial charge is 0.232 e. The van der Waals surface area contributed by atoms with E-state index < -0.39 is 0 Å². The highest BCUT2D eigenvalue weighted by atomic mass is 35.5. The minimum atomic E-state index is -0.142. The summed E-state index contributed by atoms with van der Waals surface area (Å²) in [7, 11) is 0. The number of nitrogens with zero attached hydrogens (tertiary/aromatic N) is 1. The van der Waals surface area contributed by atoms with Gasteiger partial charge in [0.05, 0.1) is 25.1 Å². The molecule has 6 rings (SSSR count). The number of carbonyl (C=O) groups excluding carboxylic acids is 1. The number of rotatable bonds is 4. The van der Waals surface area contributed by atoms with E-state index in [1.165, 1.54) is 43.2 Å². The zero-order valence-electron chi connectivity index (χ0n) is 21.9. The molecule has 1 spiro atoms. The number of hydrogen-bond acceptors (Lipinski definition) is 2. The molecule has 1 amide bonds. The summed E-state index contributed by atoms with van der Waals surface area (Å²) >= 11 is 0. The van der Waals surface area contributed by atoms with Gasteiger partial charge in [-0.25, -0.2) is 0 Å². The van der Waals surface area contributed by atoms with E-state index in [-0.39, 0.29) is 23.7 Å². The SMILES string of the molecule is C=Cc1cccc2c1OCC[C@]21C[NH2+]CC1C(=O)N1CC[C@@H](c2ccccc2)C[C@H]1C1CCCCC1.[Cl-]. The summed E-state index contributed by atoms with van der Waals surface area (Å²) in [5.74, 6) is 2.58. The molecule has 2 aromatic rings. The van der Waals surface area contributed by atoms with E-state index in [2.05, 4.69) is 65.3 Å². The second-order valence-electron chi connectivity index (χ2n) is 11.6. The van der Waals surface area contributed by atoms with Gasteiger partial charge >= 0.3 is 0 Å². The molecule has 4 nitrogen and oxygen atoms in total. The van der Waals surface area contributed by atoms with Crippen molar-refractivity contribution in [3.8, 4) is 5.75 Å². The number of carbonyl (C=O) groups is 1. The quantitative estimate of drug-likeness (QED) is 0.669. The third-order valence-electron chi connectivity index (χ3n) is 9.87. The van der Waals surface area contributed by atoms with Crippen molar-refractivity contribution in [3.63, 3.8) is 0 Å². The second kappa shape index (κ2) is 11.2. The lowest BCUT2D eigenvalue weighted by Crippen LogP contribution is -3.00. The molecule has 3 aliphatic heterocycles. The number of piperidine rings is 1. The summed E-state index contributed by atoms with van der Waals surface area (Å²) in [4.78, 5) is 16.9. The third kappa shape index (κ3) is 4.72. The van der Waals surface area contributed by atoms with Crippen molar-refractivity contribution in [2.75, 3.05) is 26.2 Å². The van der Waals surface area contributed by atoms with Crippen LogP contribution in [0.5, 0.6) is 5.75 Å². The van der Waals surface area contributed by atoms with Crippen LogP contribution >= 0.6 is 0 Å². The van der Waals surface area contributed by atoms with E-state index in [9.17, 15) is 4.79 Å². The number of likely N-dealkylation sites (tertiary alicyclic amines) is 1. The Morgan fingerprint density at radius 1 is 1.05 bits per heavy atom. The lowest BCUT2D eigenvalue weighted by atomic mass is 9.67. The summed E-state index contributed by atoms with van der Waals surface area (Å²) < 4.78 is 6.18. The molecule has 4 atom stereocenters. The number of para-hydroxylation sites is 1. The molecule has 1 aliphatic carbocycles. The third-order valence-corrected chi connectivity index (χ3v) is 9.87. The molecule has 3 fully saturated rings. The van der Waals surface area contributed by atoms with Crippen molar-refractivity contribution in [3.05, 3.63) is 71.8 Å². The maximum atomic E-state index is 14.6. The van der Waals surface area contributed by atoms with Crippen LogP contribution in [0.15, 0.2) is 55.1 Å². The zero-order chi connectivity index (χ0) is 24.5. The van der Waals surface area contributed by atoms with Crippen molar-refractivity contribution in [1.82, 2.24) is 4.90 Å². The summed E-state index contributed by atoms with van der Waals surface area (Å²) in [6.45, 7) is 7.43. The van der Waals surface area contributed by atoms with Crippen LogP contribution in [0.1, 0.15) is 74.0 Å². The number of benzene rings is 2. The molecule has 0 aromatic heterocycles. The molecular formula is C32H41ClN2O2. The number of nitrogens with two attached hydrogens (primary N) is 1. The fourth-order valence-electron chi connectivity index (χ4n) is 7.99. The molecule has 198 valence electrons. The number of hydrogen-bond donors (Lipinski definition) is 1. The van der Waals surface area contributed by atoms with Crippen LogP contribution in [0.2, 0.25) is 0 Å². The van der Waals surface area contributed by atoms with Crippen LogP contribution in [0.4, 0.5) is 0 Å². The van der Waals surface area contributed by atoms with Gasteiger partial charge in [0.2, 0.25) is 5.91 Å². The maximum Gasteiger partial charge on any atom is 0.232 e. The number of quaternary nitrogens is 1. The first kappa shape index (κ1) is 26.3. The molecule has 2 aromatic carbocycles. The predicted molar refractivity (Wildman–Crippen MR) is 144 cm³/mol. The van der Waals surface area contributed by atoms with Gasteiger partial charge in [0.1, 0.15) is 11.7 Å². The van der Waals surface area contributed by atoms with Gasteiger partial charge in [-0.3, -0.25) is 4.79 Å². The monoisotopic (exact) mass is 520 g/mol. The Balaban J connectivity index is 0.00000280. The highest BCUT2D eigenvalue weighted by molar-refractivity contribution is 5.82. The molecule has 5 heteroatoms. The number of fused-ring (bicyclic) bond motifs is 2. The van der Waals surface area contributed by atoms with E-state index in [4.69, 9.17) is 4.74 Å². The van der Waals surface area contributed by atoms with Crippen molar-refractivity contribution in [2.45, 2.75) is 68.7 Å². The lowest BCUT2D eigenvalue weighted by Gasteiger charge is -2.47. The molecular weight excluding hydrogens is 480 g/mol. The Kier molecular flexibility index (Phi) is 7.97. The van der Waals surface area contributed by atoms with Crippen molar-refractivity contribution < 1.29 is 27.3 Å². The minimum absolute atomic E-state index is 0. The van der Waals surface area contributed by atoms with E-state index in [1.807, 2.05) is 6.08 Å². The van der Waals surface area contributed by atoms with Gasteiger partial charge in [0.15, 0.2) is 0 Å². The van der Waals surface area contributed by atoms with Crippen molar-refractivity contribution in [1.29, 1.82) is 0 Å². The maximum absolute atomic E-state index is 14.6. The van der Waals surface area contributed by atoms with Gasteiger partial charge in [-0.2, -0.15) is 0 Å². The van der Waals surface area contributed by atoms with Crippen LogP contribution in [0.25, 0.3) is 6.08 Å². The highest BCUT2D eigenvalue weighted by Gasteiger charge is 2.56. The lowest BCUT2D eigenvalue weighted by molar-refractivity contribution is -0.640. The topological polar surface area (TPSA) is 46.1 Å². The van der Waals surface area contributed by atoms with E-state index in [0.717, 1.165) is 50.2 Å². The Morgan fingerprint density at radius 2 is 1.86 bits per heavy atom. The normalized spacial score (nSPS) is 29.7. The van der Waals surface area contributed by atoms with Crippen LogP contribution in [-0.4, -0.2) is 43.1 Å². The van der Waals surface area contributed by atoms with Crippen LogP contribution in [0, 0.1) is 11.8 Å². The fourth-order valence-corrected chi connectivity index (χ4v) is 7.99. The molecule has 0 bridgehead atoms. The van der Waals surface area contributed by atoms with E-state index in [0.29, 0.717) is 30.4 Å². The minimum Gasteiger partial charge on any atom is -1.00 e. The van der Waals surface area contributed by atoms with Crippen LogP contribution < -0.4 is 22.5 Å². The van der Waals surface area contributed by atoms with Crippen LogP contribution in [-0.2, 0) is 10.2 Å². The number of ether oxygens (including phenoxy) is 1. The highest BCUT2D eigenvalue weighted by Crippen LogP contribution is 2.48. The summed E-state index contributed by atoms with van der Waals surface area (Å²) in [5.41, 5.74) is 3.59. The molecule has 4 aliphatic rings. The van der Waals surface area contributed by atoms with Gasteiger partial charge in [-0.1, -0.05) is 80.4 Å². The fraction of sp³-hybridized carbons (Fsp3) is 0.531. The first-order chi connectivity index (χ1) is 17.7. The summed E-state index contributed by atoms with van der Waals surface area (Å²) in [5, 5.41) is 2.38. The molecule has 1 unspecified atom stereocenters. The Hall–Kier alpha value is -2.30. The zero-order valence-corrected chi connectivity index (χ0v) is 22.7. The van der Waals surface area contributed by atoms with Crippen molar-refractivity contribution >= 4 is 12.0 Å². The predicted octanol–water partition coefficient (Wildman–Crippen LogP) is 1.90. The first-order valence-electron chi connectivity index (χ1n) is 14.3. The average molecular weight is 521 g/mol. The van der Waals surface area contributed by atoms with Gasteiger partial charge in [0.25, 0.3) is 0 Å². The van der Waals surface area contributed by atoms with Crippen molar-refractivity contribution in [2.24, 2.45) is 11.8 Å². The van der Waals surface area contributed by atoms with Crippen LogP contribution in [0.3, 0.4) is 0 Å². The first-order valence-corrected chi connectivity index (χ1v) is 14.3. The Labute approximate surface area is 228 Å². The number of amides is 1. The van der Waals surface area contributed by atoms with Gasteiger partial charge in [-0.15, -0.1) is 0 Å². The van der Waals surface area contributed by atoms with Gasteiger partial charge in [0, 0.05) is 23.7 Å². The van der Waals surface area contributed by atoms with Gasteiger partial charge < -0.3 is 27.4 Å². The molecule has 37 heavy (non-hydrogen) atoms.